The molecule has 0 aliphatic rings. The minimum atomic E-state index is -0.586. The summed E-state index contributed by atoms with van der Waals surface area (Å²) < 4.78 is 26.1. The maximum Gasteiger partial charge on any atom is 0.213 e. The molecule has 0 fully saturated rings. The molecule has 0 saturated heterocycles. The van der Waals surface area contributed by atoms with Gasteiger partial charge in [-0.05, 0) is 67.3 Å². The molecular weight excluding hydrogens is 348 g/mol. The van der Waals surface area contributed by atoms with E-state index < -0.39 is 5.95 Å². The molecule has 0 aliphatic heterocycles. The standard InChI is InChI=1S/C21H19F2N3O/c1-14-11-21(23)25-12-18(14)20(27)4-2-3-15-9-10-24-13-19(15)26-17-7-5-16(22)6-8-17/h5-13,26H,2-4H2,1H3. The number of hydrogen-bond acceptors (Lipinski definition) is 4. The summed E-state index contributed by atoms with van der Waals surface area (Å²) in [6.45, 7) is 1.70. The molecule has 0 bridgehead atoms. The lowest BCUT2D eigenvalue weighted by Crippen LogP contribution is -2.05. The second-order valence-electron chi connectivity index (χ2n) is 6.26. The average molecular weight is 367 g/mol. The van der Waals surface area contributed by atoms with Gasteiger partial charge in [0.25, 0.3) is 0 Å². The van der Waals surface area contributed by atoms with Gasteiger partial charge < -0.3 is 5.32 Å². The molecule has 1 aromatic carbocycles. The first-order valence-electron chi connectivity index (χ1n) is 8.64. The summed E-state index contributed by atoms with van der Waals surface area (Å²) in [4.78, 5) is 20.0. The van der Waals surface area contributed by atoms with Gasteiger partial charge in [-0.2, -0.15) is 4.39 Å². The Morgan fingerprint density at radius 1 is 1.11 bits per heavy atom. The minimum absolute atomic E-state index is 0.0536. The van der Waals surface area contributed by atoms with Crippen LogP contribution in [-0.2, 0) is 6.42 Å². The smallest absolute Gasteiger partial charge is 0.213 e. The first kappa shape index (κ1) is 18.6. The van der Waals surface area contributed by atoms with Gasteiger partial charge in [-0.25, -0.2) is 9.37 Å². The van der Waals surface area contributed by atoms with Crippen LogP contribution in [0.2, 0.25) is 0 Å². The largest absolute Gasteiger partial charge is 0.354 e. The third-order valence-corrected chi connectivity index (χ3v) is 4.26. The van der Waals surface area contributed by atoms with Crippen LogP contribution in [0.3, 0.4) is 0 Å². The summed E-state index contributed by atoms with van der Waals surface area (Å²) in [5.41, 5.74) is 3.63. The number of ketones is 1. The Bertz CT molecular complexity index is 942. The van der Waals surface area contributed by atoms with Gasteiger partial charge in [0.1, 0.15) is 5.82 Å². The fourth-order valence-corrected chi connectivity index (χ4v) is 2.83. The van der Waals surface area contributed by atoms with Crippen molar-refractivity contribution >= 4 is 17.2 Å². The second-order valence-corrected chi connectivity index (χ2v) is 6.26. The molecule has 138 valence electrons. The highest BCUT2D eigenvalue weighted by Crippen LogP contribution is 2.22. The van der Waals surface area contributed by atoms with Crippen LogP contribution in [0.15, 0.2) is 55.0 Å². The molecule has 0 spiro atoms. The van der Waals surface area contributed by atoms with Gasteiger partial charge in [0.15, 0.2) is 5.78 Å². The normalized spacial score (nSPS) is 10.6. The van der Waals surface area contributed by atoms with Crippen LogP contribution in [0.1, 0.15) is 34.3 Å². The van der Waals surface area contributed by atoms with Crippen LogP contribution < -0.4 is 5.32 Å². The predicted octanol–water partition coefficient (Wildman–Crippen LogP) is 5.01. The number of anilines is 2. The number of aromatic nitrogens is 2. The Labute approximate surface area is 156 Å². The van der Waals surface area contributed by atoms with Crippen molar-refractivity contribution in [2.24, 2.45) is 0 Å². The number of carbonyl (C=O) groups excluding carboxylic acids is 1. The molecule has 27 heavy (non-hydrogen) atoms. The third-order valence-electron chi connectivity index (χ3n) is 4.26. The van der Waals surface area contributed by atoms with Gasteiger partial charge in [0.05, 0.1) is 11.9 Å². The average Bonchev–Trinajstić information content (AvgIpc) is 2.65. The van der Waals surface area contributed by atoms with Gasteiger partial charge in [-0.15, -0.1) is 0 Å². The van der Waals surface area contributed by atoms with E-state index in [2.05, 4.69) is 15.3 Å². The summed E-state index contributed by atoms with van der Waals surface area (Å²) in [6.07, 6.45) is 6.34. The van der Waals surface area contributed by atoms with Crippen molar-refractivity contribution in [2.45, 2.75) is 26.2 Å². The molecule has 2 heterocycles. The number of rotatable bonds is 7. The molecule has 0 atom stereocenters. The molecule has 0 saturated carbocycles. The number of carbonyl (C=O) groups is 1. The zero-order valence-corrected chi connectivity index (χ0v) is 14.9. The molecule has 0 aliphatic carbocycles. The van der Waals surface area contributed by atoms with Crippen LogP contribution >= 0.6 is 0 Å². The van der Waals surface area contributed by atoms with E-state index in [-0.39, 0.29) is 11.6 Å². The van der Waals surface area contributed by atoms with E-state index in [4.69, 9.17) is 0 Å². The van der Waals surface area contributed by atoms with Crippen LogP contribution in [0.25, 0.3) is 0 Å². The van der Waals surface area contributed by atoms with Crippen molar-refractivity contribution in [2.75, 3.05) is 5.32 Å². The maximum absolute atomic E-state index is 13.1. The first-order chi connectivity index (χ1) is 13.0. The fourth-order valence-electron chi connectivity index (χ4n) is 2.83. The highest BCUT2D eigenvalue weighted by molar-refractivity contribution is 5.97. The van der Waals surface area contributed by atoms with E-state index in [0.29, 0.717) is 30.4 Å². The number of aryl methyl sites for hydroxylation is 2. The van der Waals surface area contributed by atoms with Crippen LogP contribution in [0, 0.1) is 18.7 Å². The summed E-state index contributed by atoms with van der Waals surface area (Å²) in [5, 5.41) is 3.22. The lowest BCUT2D eigenvalue weighted by atomic mass is 10.0. The Morgan fingerprint density at radius 3 is 2.63 bits per heavy atom. The monoisotopic (exact) mass is 367 g/mol. The Morgan fingerprint density at radius 2 is 1.89 bits per heavy atom. The fraction of sp³-hybridized carbons (Fsp3) is 0.190. The second kappa shape index (κ2) is 8.49. The van der Waals surface area contributed by atoms with Crippen LogP contribution in [0.5, 0.6) is 0 Å². The highest BCUT2D eigenvalue weighted by atomic mass is 19.1. The number of pyridine rings is 2. The Balaban J connectivity index is 1.62. The van der Waals surface area contributed by atoms with E-state index in [1.165, 1.54) is 24.4 Å². The van der Waals surface area contributed by atoms with E-state index in [0.717, 1.165) is 16.9 Å². The van der Waals surface area contributed by atoms with Crippen molar-refractivity contribution in [1.82, 2.24) is 9.97 Å². The van der Waals surface area contributed by atoms with Crippen molar-refractivity contribution < 1.29 is 13.6 Å². The predicted molar refractivity (Wildman–Crippen MR) is 100 cm³/mol. The quantitative estimate of drug-likeness (QED) is 0.471. The van der Waals surface area contributed by atoms with Gasteiger partial charge >= 0.3 is 0 Å². The molecule has 3 rings (SSSR count). The molecule has 0 unspecified atom stereocenters. The number of Topliss-reactive ketones (excluding diaryl/α,β-unsaturated/α-hetero) is 1. The maximum atomic E-state index is 13.1. The third kappa shape index (κ3) is 4.94. The minimum Gasteiger partial charge on any atom is -0.354 e. The van der Waals surface area contributed by atoms with E-state index in [1.807, 2.05) is 6.07 Å². The number of benzene rings is 1. The van der Waals surface area contributed by atoms with Crippen LogP contribution in [0.4, 0.5) is 20.2 Å². The molecule has 3 aromatic rings. The zero-order chi connectivity index (χ0) is 19.2. The number of nitrogens with one attached hydrogen (secondary N) is 1. The lowest BCUT2D eigenvalue weighted by molar-refractivity contribution is 0.0979. The van der Waals surface area contributed by atoms with Gasteiger partial charge in [0, 0.05) is 30.1 Å². The first-order valence-corrected chi connectivity index (χ1v) is 8.64. The van der Waals surface area contributed by atoms with Gasteiger partial charge in [-0.1, -0.05) is 0 Å². The molecule has 6 heteroatoms. The SMILES string of the molecule is Cc1cc(F)ncc1C(=O)CCCc1ccncc1Nc1ccc(F)cc1. The molecular formula is C21H19F2N3O. The summed E-state index contributed by atoms with van der Waals surface area (Å²) in [6, 6.07) is 9.23. The summed E-state index contributed by atoms with van der Waals surface area (Å²) >= 11 is 0. The summed E-state index contributed by atoms with van der Waals surface area (Å²) in [5.74, 6) is -0.935. The number of hydrogen-bond donors (Lipinski definition) is 1. The van der Waals surface area contributed by atoms with Gasteiger partial charge in [0.2, 0.25) is 5.95 Å². The molecule has 2 aromatic heterocycles. The van der Waals surface area contributed by atoms with E-state index in [1.54, 1.807) is 31.5 Å². The number of halogens is 2. The molecule has 0 radical (unpaired) electrons. The lowest BCUT2D eigenvalue weighted by Gasteiger charge is -2.11. The van der Waals surface area contributed by atoms with Crippen LogP contribution in [-0.4, -0.2) is 15.8 Å². The van der Waals surface area contributed by atoms with Crippen molar-refractivity contribution in [1.29, 1.82) is 0 Å². The van der Waals surface area contributed by atoms with Crippen molar-refractivity contribution in [3.8, 4) is 0 Å². The van der Waals surface area contributed by atoms with Crippen molar-refractivity contribution in [3.05, 3.63) is 83.4 Å². The summed E-state index contributed by atoms with van der Waals surface area (Å²) in [7, 11) is 0. The zero-order valence-electron chi connectivity index (χ0n) is 14.9. The van der Waals surface area contributed by atoms with E-state index in [9.17, 15) is 13.6 Å². The molecule has 0 amide bonds. The highest BCUT2D eigenvalue weighted by Gasteiger charge is 2.11. The molecule has 4 nitrogen and oxygen atoms in total. The number of nitrogens with zero attached hydrogens (tertiary/aromatic N) is 2. The molecule has 1 N–H and O–H groups in total. The van der Waals surface area contributed by atoms with Crippen molar-refractivity contribution in [3.63, 3.8) is 0 Å². The van der Waals surface area contributed by atoms with E-state index >= 15 is 0 Å². The van der Waals surface area contributed by atoms with Gasteiger partial charge in [-0.3, -0.25) is 9.78 Å². The topological polar surface area (TPSA) is 54.9 Å². The Hall–Kier alpha value is -3.15. The Kier molecular flexibility index (Phi) is 5.86.